The van der Waals surface area contributed by atoms with Crippen LogP contribution in [-0.4, -0.2) is 36.7 Å². The van der Waals surface area contributed by atoms with Crippen LogP contribution in [0.4, 0.5) is 0 Å². The van der Waals surface area contributed by atoms with Crippen LogP contribution in [0.3, 0.4) is 0 Å². The van der Waals surface area contributed by atoms with Crippen LogP contribution in [0.2, 0.25) is 0 Å². The Morgan fingerprint density at radius 1 is 1.24 bits per heavy atom. The van der Waals surface area contributed by atoms with Crippen LogP contribution in [0.1, 0.15) is 21.6 Å². The summed E-state index contributed by atoms with van der Waals surface area (Å²) in [7, 11) is 3.22. The van der Waals surface area contributed by atoms with Gasteiger partial charge in [0, 0.05) is 19.2 Å². The van der Waals surface area contributed by atoms with Crippen LogP contribution in [0, 0.1) is 0 Å². The molecule has 2 aromatic rings. The molecule has 1 aromatic heterocycles. The molecule has 1 aromatic carbocycles. The molecule has 2 heterocycles. The number of hydrogen-bond donors (Lipinski definition) is 0. The average Bonchev–Trinajstić information content (AvgIpc) is 3.06. The highest BCUT2D eigenvalue weighted by molar-refractivity contribution is 5.92. The van der Waals surface area contributed by atoms with Crippen LogP contribution in [0.5, 0.6) is 11.5 Å². The van der Waals surface area contributed by atoms with E-state index in [-0.39, 0.29) is 5.91 Å². The van der Waals surface area contributed by atoms with Crippen molar-refractivity contribution in [3.05, 3.63) is 41.3 Å². The molecular weight excluding hydrogens is 272 g/mol. The highest BCUT2D eigenvalue weighted by atomic mass is 16.5. The lowest BCUT2D eigenvalue weighted by Crippen LogP contribution is -2.36. The highest BCUT2D eigenvalue weighted by Crippen LogP contribution is 2.33. The predicted molar refractivity (Wildman–Crippen MR) is 74.5 cm³/mol. The molecule has 6 heteroatoms. The van der Waals surface area contributed by atoms with Gasteiger partial charge in [-0.25, -0.2) is 0 Å². The minimum atomic E-state index is -0.121. The van der Waals surface area contributed by atoms with E-state index in [1.165, 1.54) is 11.8 Å². The van der Waals surface area contributed by atoms with Gasteiger partial charge in [-0.3, -0.25) is 4.79 Å². The largest absolute Gasteiger partial charge is 0.493 e. The number of methoxy groups -OCH3 is 2. The molecule has 110 valence electrons. The lowest BCUT2D eigenvalue weighted by atomic mass is 9.98. The van der Waals surface area contributed by atoms with E-state index in [1.54, 1.807) is 25.2 Å². The van der Waals surface area contributed by atoms with Crippen molar-refractivity contribution >= 4 is 5.91 Å². The van der Waals surface area contributed by atoms with Crippen molar-refractivity contribution in [3.8, 4) is 11.5 Å². The number of ether oxygens (including phenoxy) is 2. The van der Waals surface area contributed by atoms with Crippen LogP contribution >= 0.6 is 0 Å². The van der Waals surface area contributed by atoms with Gasteiger partial charge in [0.25, 0.3) is 5.91 Å². The third kappa shape index (κ3) is 2.44. The van der Waals surface area contributed by atoms with Gasteiger partial charge < -0.3 is 18.9 Å². The van der Waals surface area contributed by atoms with E-state index < -0.39 is 0 Å². The Bertz CT molecular complexity index is 652. The Morgan fingerprint density at radius 3 is 2.57 bits per heavy atom. The van der Waals surface area contributed by atoms with Gasteiger partial charge in [0.2, 0.25) is 0 Å². The zero-order valence-corrected chi connectivity index (χ0v) is 12.0. The van der Waals surface area contributed by atoms with Crippen LogP contribution in [0.25, 0.3) is 0 Å². The van der Waals surface area contributed by atoms with Crippen molar-refractivity contribution in [1.82, 2.24) is 10.1 Å². The number of rotatable bonds is 3. The van der Waals surface area contributed by atoms with Crippen LogP contribution in [-0.2, 0) is 13.0 Å². The van der Waals surface area contributed by atoms with E-state index in [1.807, 2.05) is 12.1 Å². The number of carbonyl (C=O) groups is 1. The van der Waals surface area contributed by atoms with Gasteiger partial charge in [0.15, 0.2) is 17.2 Å². The Morgan fingerprint density at radius 2 is 1.95 bits per heavy atom. The lowest BCUT2D eigenvalue weighted by Gasteiger charge is -2.29. The van der Waals surface area contributed by atoms with Crippen LogP contribution < -0.4 is 9.47 Å². The zero-order valence-electron chi connectivity index (χ0n) is 12.0. The van der Waals surface area contributed by atoms with E-state index in [2.05, 4.69) is 5.16 Å². The van der Waals surface area contributed by atoms with Crippen molar-refractivity contribution in [2.45, 2.75) is 13.0 Å². The van der Waals surface area contributed by atoms with Crippen molar-refractivity contribution in [3.63, 3.8) is 0 Å². The normalized spacial score (nSPS) is 13.7. The minimum Gasteiger partial charge on any atom is -0.493 e. The molecule has 0 bridgehead atoms. The third-order valence-electron chi connectivity index (χ3n) is 3.66. The summed E-state index contributed by atoms with van der Waals surface area (Å²) in [6.07, 6.45) is 2.18. The summed E-state index contributed by atoms with van der Waals surface area (Å²) in [5, 5.41) is 3.70. The zero-order chi connectivity index (χ0) is 14.8. The number of aromatic nitrogens is 1. The molecule has 0 radical (unpaired) electrons. The maximum Gasteiger partial charge on any atom is 0.276 e. The van der Waals surface area contributed by atoms with E-state index in [4.69, 9.17) is 14.0 Å². The van der Waals surface area contributed by atoms with Gasteiger partial charge >= 0.3 is 0 Å². The van der Waals surface area contributed by atoms with Gasteiger partial charge in [-0.1, -0.05) is 5.16 Å². The predicted octanol–water partition coefficient (Wildman–Crippen LogP) is 1.89. The minimum absolute atomic E-state index is 0.121. The third-order valence-corrected chi connectivity index (χ3v) is 3.66. The first-order valence-corrected chi connectivity index (χ1v) is 6.66. The quantitative estimate of drug-likeness (QED) is 0.863. The van der Waals surface area contributed by atoms with Crippen LogP contribution in [0.15, 0.2) is 29.0 Å². The van der Waals surface area contributed by atoms with Crippen molar-refractivity contribution in [2.75, 3.05) is 20.8 Å². The number of fused-ring (bicyclic) bond motifs is 1. The monoisotopic (exact) mass is 288 g/mol. The first kappa shape index (κ1) is 13.5. The summed E-state index contributed by atoms with van der Waals surface area (Å²) in [5.41, 5.74) is 2.58. The molecule has 1 amide bonds. The van der Waals surface area contributed by atoms with E-state index in [0.29, 0.717) is 30.3 Å². The van der Waals surface area contributed by atoms with Gasteiger partial charge in [-0.05, 0) is 29.7 Å². The SMILES string of the molecule is COc1cc2c(cc1OC)CN(C(=O)c1ccon1)CC2. The second-order valence-corrected chi connectivity index (χ2v) is 4.84. The summed E-state index contributed by atoms with van der Waals surface area (Å²) in [4.78, 5) is 14.1. The number of carbonyl (C=O) groups excluding carboxylic acids is 1. The van der Waals surface area contributed by atoms with Gasteiger partial charge in [-0.15, -0.1) is 0 Å². The smallest absolute Gasteiger partial charge is 0.276 e. The molecule has 0 spiro atoms. The molecule has 0 saturated carbocycles. The number of benzene rings is 1. The van der Waals surface area contributed by atoms with Gasteiger partial charge in [0.1, 0.15) is 6.26 Å². The second kappa shape index (κ2) is 5.47. The van der Waals surface area contributed by atoms with Gasteiger partial charge in [0.05, 0.1) is 14.2 Å². The molecule has 0 atom stereocenters. The summed E-state index contributed by atoms with van der Waals surface area (Å²) in [6, 6.07) is 5.48. The summed E-state index contributed by atoms with van der Waals surface area (Å²) in [6.45, 7) is 1.18. The Labute approximate surface area is 122 Å². The standard InChI is InChI=1S/C15H16N2O4/c1-19-13-7-10-3-5-17(9-11(10)8-14(13)20-2)15(18)12-4-6-21-16-12/h4,6-8H,3,5,9H2,1-2H3. The topological polar surface area (TPSA) is 64.8 Å². The number of nitrogens with zero attached hydrogens (tertiary/aromatic N) is 2. The molecule has 0 fully saturated rings. The fourth-order valence-corrected chi connectivity index (χ4v) is 2.54. The fourth-order valence-electron chi connectivity index (χ4n) is 2.54. The van der Waals surface area contributed by atoms with E-state index >= 15 is 0 Å². The molecule has 3 rings (SSSR count). The number of hydrogen-bond acceptors (Lipinski definition) is 5. The van der Waals surface area contributed by atoms with Crippen molar-refractivity contribution in [1.29, 1.82) is 0 Å². The molecule has 1 aliphatic rings. The van der Waals surface area contributed by atoms with Crippen molar-refractivity contribution < 1.29 is 18.8 Å². The molecule has 0 aliphatic carbocycles. The molecule has 0 saturated heterocycles. The second-order valence-electron chi connectivity index (χ2n) is 4.84. The Hall–Kier alpha value is -2.50. The Balaban J connectivity index is 1.86. The number of amides is 1. The van der Waals surface area contributed by atoms with E-state index in [9.17, 15) is 4.79 Å². The molecule has 6 nitrogen and oxygen atoms in total. The first-order valence-electron chi connectivity index (χ1n) is 6.66. The summed E-state index contributed by atoms with van der Waals surface area (Å²) < 4.78 is 15.4. The maximum atomic E-state index is 12.3. The Kier molecular flexibility index (Phi) is 3.51. The van der Waals surface area contributed by atoms with E-state index in [0.717, 1.165) is 12.0 Å². The maximum absolute atomic E-state index is 12.3. The molecular formula is C15H16N2O4. The van der Waals surface area contributed by atoms with Crippen molar-refractivity contribution in [2.24, 2.45) is 0 Å². The lowest BCUT2D eigenvalue weighted by molar-refractivity contribution is 0.0724. The summed E-state index contributed by atoms with van der Waals surface area (Å²) >= 11 is 0. The van der Waals surface area contributed by atoms with Gasteiger partial charge in [-0.2, -0.15) is 0 Å². The molecule has 1 aliphatic heterocycles. The first-order chi connectivity index (χ1) is 10.2. The average molecular weight is 288 g/mol. The fraction of sp³-hybridized carbons (Fsp3) is 0.333. The molecule has 0 unspecified atom stereocenters. The summed E-state index contributed by atoms with van der Waals surface area (Å²) in [5.74, 6) is 1.27. The molecule has 21 heavy (non-hydrogen) atoms. The molecule has 0 N–H and O–H groups in total. The highest BCUT2D eigenvalue weighted by Gasteiger charge is 2.24.